The molecule has 1 heterocycles. The summed E-state index contributed by atoms with van der Waals surface area (Å²) in [6, 6.07) is 1.77. The normalized spacial score (nSPS) is 16.6. The summed E-state index contributed by atoms with van der Waals surface area (Å²) < 4.78 is 5.15. The third-order valence-electron chi connectivity index (χ3n) is 3.30. The van der Waals surface area contributed by atoms with Crippen LogP contribution in [0, 0.1) is 5.41 Å². The molecule has 0 amide bonds. The van der Waals surface area contributed by atoms with E-state index < -0.39 is 0 Å². The lowest BCUT2D eigenvalue weighted by atomic mass is 10.0. The van der Waals surface area contributed by atoms with Crippen molar-refractivity contribution < 1.29 is 4.74 Å². The van der Waals surface area contributed by atoms with Crippen molar-refractivity contribution in [3.8, 4) is 0 Å². The number of thioether (sulfide) groups is 1. The highest BCUT2D eigenvalue weighted by Gasteiger charge is 2.41. The van der Waals surface area contributed by atoms with Crippen LogP contribution in [0.3, 0.4) is 0 Å². The quantitative estimate of drug-likeness (QED) is 0.474. The van der Waals surface area contributed by atoms with Crippen LogP contribution in [-0.4, -0.2) is 36.5 Å². The molecule has 1 fully saturated rings. The van der Waals surface area contributed by atoms with Gasteiger partial charge in [0, 0.05) is 26.3 Å². The van der Waals surface area contributed by atoms with Crippen molar-refractivity contribution in [1.29, 1.82) is 0 Å². The largest absolute Gasteiger partial charge is 0.385 e. The lowest BCUT2D eigenvalue weighted by Gasteiger charge is -2.16. The number of hydrogen-bond acceptors (Lipinski definition) is 5. The zero-order chi connectivity index (χ0) is 13.0. The van der Waals surface area contributed by atoms with Crippen molar-refractivity contribution in [1.82, 2.24) is 9.97 Å². The molecule has 1 aromatic rings. The Bertz CT molecular complexity index is 412. The molecule has 1 aromatic heterocycles. The molecule has 100 valence electrons. The Hall–Kier alpha value is -0.520. The Labute approximate surface area is 117 Å². The minimum atomic E-state index is 0.396. The van der Waals surface area contributed by atoms with Gasteiger partial charge in [0.25, 0.3) is 0 Å². The first-order valence-electron chi connectivity index (χ1n) is 5.99. The summed E-state index contributed by atoms with van der Waals surface area (Å²) in [5.74, 6) is 0.808. The van der Waals surface area contributed by atoms with Crippen LogP contribution in [0.5, 0.6) is 0 Å². The minimum Gasteiger partial charge on any atom is -0.385 e. The monoisotopic (exact) mass is 287 g/mol. The van der Waals surface area contributed by atoms with Crippen LogP contribution in [0.4, 0.5) is 5.82 Å². The molecule has 1 aliphatic rings. The van der Waals surface area contributed by atoms with E-state index in [-0.39, 0.29) is 0 Å². The number of aromatic nitrogens is 2. The molecule has 2 rings (SSSR count). The van der Waals surface area contributed by atoms with E-state index in [0.29, 0.717) is 15.7 Å². The zero-order valence-electron chi connectivity index (χ0n) is 10.7. The van der Waals surface area contributed by atoms with Gasteiger partial charge in [0.15, 0.2) is 5.16 Å². The van der Waals surface area contributed by atoms with E-state index in [1.54, 1.807) is 13.2 Å². The highest BCUT2D eigenvalue weighted by Crippen LogP contribution is 2.48. The van der Waals surface area contributed by atoms with E-state index in [1.165, 1.54) is 24.6 Å². The van der Waals surface area contributed by atoms with Gasteiger partial charge in [-0.05, 0) is 30.9 Å². The van der Waals surface area contributed by atoms with Crippen LogP contribution in [0.25, 0.3) is 0 Å². The van der Waals surface area contributed by atoms with Gasteiger partial charge in [-0.3, -0.25) is 0 Å². The van der Waals surface area contributed by atoms with Crippen LogP contribution < -0.4 is 5.32 Å². The molecule has 18 heavy (non-hydrogen) atoms. The lowest BCUT2D eigenvalue weighted by Crippen LogP contribution is -2.18. The van der Waals surface area contributed by atoms with Crippen molar-refractivity contribution in [2.45, 2.75) is 24.4 Å². The summed E-state index contributed by atoms with van der Waals surface area (Å²) in [4.78, 5) is 8.51. The average molecular weight is 288 g/mol. The molecule has 1 N–H and O–H groups in total. The summed E-state index contributed by atoms with van der Waals surface area (Å²) in [5.41, 5.74) is 0.396. The van der Waals surface area contributed by atoms with Gasteiger partial charge in [0.2, 0.25) is 0 Å². The van der Waals surface area contributed by atoms with Gasteiger partial charge in [-0.2, -0.15) is 0 Å². The van der Waals surface area contributed by atoms with Gasteiger partial charge in [0.05, 0.1) is 0 Å². The van der Waals surface area contributed by atoms with Gasteiger partial charge < -0.3 is 10.1 Å². The Morgan fingerprint density at radius 1 is 1.50 bits per heavy atom. The van der Waals surface area contributed by atoms with Crippen LogP contribution in [-0.2, 0) is 4.74 Å². The van der Waals surface area contributed by atoms with E-state index >= 15 is 0 Å². The summed E-state index contributed by atoms with van der Waals surface area (Å²) in [6.07, 6.45) is 5.57. The van der Waals surface area contributed by atoms with Crippen LogP contribution in [0.2, 0.25) is 5.15 Å². The van der Waals surface area contributed by atoms with Crippen LogP contribution >= 0.6 is 23.4 Å². The first-order chi connectivity index (χ1) is 8.67. The maximum absolute atomic E-state index is 5.95. The summed E-state index contributed by atoms with van der Waals surface area (Å²) >= 11 is 7.45. The third kappa shape index (κ3) is 3.73. The third-order valence-corrected chi connectivity index (χ3v) is 4.04. The van der Waals surface area contributed by atoms with Crippen LogP contribution in [0.1, 0.15) is 19.3 Å². The van der Waals surface area contributed by atoms with E-state index in [1.807, 2.05) is 6.26 Å². The number of halogens is 1. The Morgan fingerprint density at radius 2 is 2.28 bits per heavy atom. The second-order valence-corrected chi connectivity index (χ2v) is 5.82. The van der Waals surface area contributed by atoms with Gasteiger partial charge >= 0.3 is 0 Å². The highest BCUT2D eigenvalue weighted by atomic mass is 35.5. The molecule has 0 radical (unpaired) electrons. The van der Waals surface area contributed by atoms with Gasteiger partial charge in [0.1, 0.15) is 11.0 Å². The molecule has 0 spiro atoms. The van der Waals surface area contributed by atoms with E-state index in [2.05, 4.69) is 15.3 Å². The number of rotatable bonds is 7. The van der Waals surface area contributed by atoms with Crippen LogP contribution in [0.15, 0.2) is 11.2 Å². The van der Waals surface area contributed by atoms with E-state index in [9.17, 15) is 0 Å². The molecule has 6 heteroatoms. The SMILES string of the molecule is COCCC1(CNc2cc(Cl)nc(SC)n2)CC1. The lowest BCUT2D eigenvalue weighted by molar-refractivity contribution is 0.175. The summed E-state index contributed by atoms with van der Waals surface area (Å²) in [6.45, 7) is 1.75. The molecule has 1 saturated carbocycles. The molecule has 0 unspecified atom stereocenters. The Kier molecular flexibility index (Phi) is 4.70. The molecule has 0 atom stereocenters. The standard InChI is InChI=1S/C12H18ClN3OS/c1-17-6-5-12(3-4-12)8-14-10-7-9(13)15-11(16-10)18-2/h7H,3-6,8H2,1-2H3,(H,14,15,16). The first-order valence-corrected chi connectivity index (χ1v) is 7.59. The molecular formula is C12H18ClN3OS. The summed E-state index contributed by atoms with van der Waals surface area (Å²) in [5, 5.41) is 4.55. The highest BCUT2D eigenvalue weighted by molar-refractivity contribution is 7.98. The molecule has 0 saturated heterocycles. The second-order valence-electron chi connectivity index (χ2n) is 4.66. The maximum atomic E-state index is 5.95. The topological polar surface area (TPSA) is 47.0 Å². The van der Waals surface area contributed by atoms with E-state index in [0.717, 1.165) is 25.4 Å². The Balaban J connectivity index is 1.92. The predicted molar refractivity (Wildman–Crippen MR) is 75.5 cm³/mol. The maximum Gasteiger partial charge on any atom is 0.190 e. The number of ether oxygens (including phenoxy) is 1. The van der Waals surface area contributed by atoms with Gasteiger partial charge in [-0.1, -0.05) is 23.4 Å². The second kappa shape index (κ2) is 6.08. The number of nitrogens with one attached hydrogen (secondary N) is 1. The molecule has 0 aromatic carbocycles. The fourth-order valence-corrected chi connectivity index (χ4v) is 2.48. The van der Waals surface area contributed by atoms with Crippen molar-refractivity contribution in [2.24, 2.45) is 5.41 Å². The van der Waals surface area contributed by atoms with Gasteiger partial charge in [-0.25, -0.2) is 9.97 Å². The Morgan fingerprint density at radius 3 is 2.89 bits per heavy atom. The number of methoxy groups -OCH3 is 1. The number of nitrogens with zero attached hydrogens (tertiary/aromatic N) is 2. The summed E-state index contributed by atoms with van der Waals surface area (Å²) in [7, 11) is 1.75. The van der Waals surface area contributed by atoms with E-state index in [4.69, 9.17) is 16.3 Å². The first kappa shape index (κ1) is 13.9. The van der Waals surface area contributed by atoms with Crippen molar-refractivity contribution in [2.75, 3.05) is 31.8 Å². The van der Waals surface area contributed by atoms with Crippen molar-refractivity contribution >= 4 is 29.2 Å². The number of anilines is 1. The molecule has 0 aliphatic heterocycles. The molecule has 4 nitrogen and oxygen atoms in total. The minimum absolute atomic E-state index is 0.396. The average Bonchev–Trinajstić information content (AvgIpc) is 3.14. The smallest absolute Gasteiger partial charge is 0.190 e. The predicted octanol–water partition coefficient (Wildman–Crippen LogP) is 3.08. The zero-order valence-corrected chi connectivity index (χ0v) is 12.3. The fourth-order valence-electron chi connectivity index (χ4n) is 1.87. The number of hydrogen-bond donors (Lipinski definition) is 1. The van der Waals surface area contributed by atoms with Crippen molar-refractivity contribution in [3.05, 3.63) is 11.2 Å². The molecule has 0 bridgehead atoms. The molecular weight excluding hydrogens is 270 g/mol. The fraction of sp³-hybridized carbons (Fsp3) is 0.667. The van der Waals surface area contributed by atoms with Crippen molar-refractivity contribution in [3.63, 3.8) is 0 Å². The van der Waals surface area contributed by atoms with Gasteiger partial charge in [-0.15, -0.1) is 0 Å². The molecule has 1 aliphatic carbocycles.